The van der Waals surface area contributed by atoms with Gasteiger partial charge in [-0.15, -0.1) is 0 Å². The molecular weight excluding hydrogens is 301 g/mol. The van der Waals surface area contributed by atoms with Gasteiger partial charge in [0.25, 0.3) is 5.91 Å². The van der Waals surface area contributed by atoms with Gasteiger partial charge in [0.2, 0.25) is 0 Å². The predicted octanol–water partition coefficient (Wildman–Crippen LogP) is 2.15. The fourth-order valence-corrected chi connectivity index (χ4v) is 2.76. The molecule has 1 aromatic heterocycles. The van der Waals surface area contributed by atoms with Crippen molar-refractivity contribution in [3.63, 3.8) is 0 Å². The number of hydrogen-bond donors (Lipinski definition) is 2. The summed E-state index contributed by atoms with van der Waals surface area (Å²) < 4.78 is 13.0. The molecule has 7 heteroatoms. The van der Waals surface area contributed by atoms with Gasteiger partial charge in [0.15, 0.2) is 0 Å². The predicted molar refractivity (Wildman–Crippen MR) is 80.2 cm³/mol. The SMILES string of the molecule is C[C@]1(C(=O)O)CCN(C(=O)c2cn[nH]c2-c2ccc(F)cc2)C1. The summed E-state index contributed by atoms with van der Waals surface area (Å²) in [4.78, 5) is 25.5. The van der Waals surface area contributed by atoms with E-state index in [9.17, 15) is 19.1 Å². The lowest BCUT2D eigenvalue weighted by atomic mass is 9.90. The van der Waals surface area contributed by atoms with Crippen LogP contribution in [0.2, 0.25) is 0 Å². The van der Waals surface area contributed by atoms with E-state index in [0.717, 1.165) is 0 Å². The number of aromatic nitrogens is 2. The van der Waals surface area contributed by atoms with E-state index in [0.29, 0.717) is 29.8 Å². The molecule has 1 aromatic carbocycles. The van der Waals surface area contributed by atoms with Crippen molar-refractivity contribution in [2.24, 2.45) is 5.41 Å². The normalized spacial score (nSPS) is 20.7. The second kappa shape index (κ2) is 5.49. The molecule has 0 aliphatic carbocycles. The minimum atomic E-state index is -0.921. The minimum absolute atomic E-state index is 0.162. The number of nitrogens with zero attached hydrogens (tertiary/aromatic N) is 2. The van der Waals surface area contributed by atoms with Crippen molar-refractivity contribution in [3.05, 3.63) is 41.8 Å². The summed E-state index contributed by atoms with van der Waals surface area (Å²) in [6.45, 7) is 2.18. The monoisotopic (exact) mass is 317 g/mol. The molecule has 120 valence electrons. The van der Waals surface area contributed by atoms with E-state index in [1.165, 1.54) is 23.2 Å². The Morgan fingerprint density at radius 2 is 2.04 bits per heavy atom. The lowest BCUT2D eigenvalue weighted by Gasteiger charge is -2.20. The molecule has 0 spiro atoms. The summed E-state index contributed by atoms with van der Waals surface area (Å²) in [7, 11) is 0. The highest BCUT2D eigenvalue weighted by atomic mass is 19.1. The minimum Gasteiger partial charge on any atom is -0.481 e. The van der Waals surface area contributed by atoms with Gasteiger partial charge >= 0.3 is 5.97 Å². The van der Waals surface area contributed by atoms with Gasteiger partial charge in [-0.2, -0.15) is 5.10 Å². The van der Waals surface area contributed by atoms with E-state index < -0.39 is 11.4 Å². The number of carbonyl (C=O) groups is 2. The highest BCUT2D eigenvalue weighted by Crippen LogP contribution is 2.32. The number of nitrogens with one attached hydrogen (secondary N) is 1. The van der Waals surface area contributed by atoms with Crippen LogP contribution in [0, 0.1) is 11.2 Å². The highest BCUT2D eigenvalue weighted by molar-refractivity contribution is 6.00. The van der Waals surface area contributed by atoms with Gasteiger partial charge in [0.1, 0.15) is 5.82 Å². The third-order valence-corrected chi connectivity index (χ3v) is 4.28. The third-order valence-electron chi connectivity index (χ3n) is 4.28. The van der Waals surface area contributed by atoms with E-state index >= 15 is 0 Å². The summed E-state index contributed by atoms with van der Waals surface area (Å²) in [5.41, 5.74) is 0.577. The lowest BCUT2D eigenvalue weighted by Crippen LogP contribution is -2.34. The Bertz CT molecular complexity index is 756. The van der Waals surface area contributed by atoms with Crippen molar-refractivity contribution in [3.8, 4) is 11.3 Å². The Hall–Kier alpha value is -2.70. The number of H-pyrrole nitrogens is 1. The van der Waals surface area contributed by atoms with Gasteiger partial charge in [-0.1, -0.05) is 0 Å². The summed E-state index contributed by atoms with van der Waals surface area (Å²) in [5, 5.41) is 15.9. The number of carboxylic acids is 1. The zero-order chi connectivity index (χ0) is 16.6. The second-order valence-electron chi connectivity index (χ2n) is 6.01. The molecule has 2 N–H and O–H groups in total. The molecule has 3 rings (SSSR count). The number of rotatable bonds is 3. The molecule has 23 heavy (non-hydrogen) atoms. The van der Waals surface area contributed by atoms with Crippen LogP contribution in [0.5, 0.6) is 0 Å². The Morgan fingerprint density at radius 3 is 2.65 bits per heavy atom. The first kappa shape index (κ1) is 15.2. The van der Waals surface area contributed by atoms with Gasteiger partial charge in [-0.3, -0.25) is 14.7 Å². The number of likely N-dealkylation sites (tertiary alicyclic amines) is 1. The smallest absolute Gasteiger partial charge is 0.311 e. The first-order chi connectivity index (χ1) is 10.9. The molecule has 2 heterocycles. The van der Waals surface area contributed by atoms with Crippen LogP contribution in [0.1, 0.15) is 23.7 Å². The Kier molecular flexibility index (Phi) is 3.63. The summed E-state index contributed by atoms with van der Waals surface area (Å²) in [6, 6.07) is 5.74. The molecule has 1 saturated heterocycles. The van der Waals surface area contributed by atoms with E-state index in [2.05, 4.69) is 10.2 Å². The van der Waals surface area contributed by atoms with Gasteiger partial charge in [0.05, 0.1) is 22.9 Å². The number of carbonyl (C=O) groups excluding carboxylic acids is 1. The maximum absolute atomic E-state index is 13.0. The first-order valence-electron chi connectivity index (χ1n) is 7.23. The maximum Gasteiger partial charge on any atom is 0.311 e. The van der Waals surface area contributed by atoms with E-state index in [4.69, 9.17) is 0 Å². The zero-order valence-corrected chi connectivity index (χ0v) is 12.5. The molecule has 1 amide bonds. The molecule has 2 aromatic rings. The molecule has 1 aliphatic rings. The van der Waals surface area contributed by atoms with Crippen molar-refractivity contribution in [1.82, 2.24) is 15.1 Å². The van der Waals surface area contributed by atoms with Crippen LogP contribution in [0.25, 0.3) is 11.3 Å². The van der Waals surface area contributed by atoms with Crippen molar-refractivity contribution in [1.29, 1.82) is 0 Å². The quantitative estimate of drug-likeness (QED) is 0.908. The number of benzene rings is 1. The maximum atomic E-state index is 13.0. The van der Waals surface area contributed by atoms with Crippen molar-refractivity contribution >= 4 is 11.9 Å². The fraction of sp³-hybridized carbons (Fsp3) is 0.312. The van der Waals surface area contributed by atoms with Crippen molar-refractivity contribution in [2.75, 3.05) is 13.1 Å². The molecule has 0 unspecified atom stereocenters. The zero-order valence-electron chi connectivity index (χ0n) is 12.5. The van der Waals surface area contributed by atoms with Crippen LogP contribution in [-0.4, -0.2) is 45.2 Å². The van der Waals surface area contributed by atoms with Gasteiger partial charge in [-0.05, 0) is 37.6 Å². The van der Waals surface area contributed by atoms with Crippen LogP contribution in [-0.2, 0) is 4.79 Å². The number of aliphatic carboxylic acids is 1. The Balaban J connectivity index is 1.86. The summed E-state index contributed by atoms with van der Waals surface area (Å²) in [5.74, 6) is -1.54. The lowest BCUT2D eigenvalue weighted by molar-refractivity contribution is -0.147. The average Bonchev–Trinajstić information content (AvgIpc) is 3.15. The second-order valence-corrected chi connectivity index (χ2v) is 6.01. The fourth-order valence-electron chi connectivity index (χ4n) is 2.76. The first-order valence-corrected chi connectivity index (χ1v) is 7.23. The number of carboxylic acid groups (broad SMARTS) is 1. The third kappa shape index (κ3) is 2.69. The number of amides is 1. The molecule has 1 atom stereocenters. The molecular formula is C16H16FN3O3. The molecule has 0 saturated carbocycles. The van der Waals surface area contributed by atoms with Crippen LogP contribution in [0.15, 0.2) is 30.5 Å². The van der Waals surface area contributed by atoms with E-state index in [-0.39, 0.29) is 18.3 Å². The molecule has 1 fully saturated rings. The summed E-state index contributed by atoms with van der Waals surface area (Å²) in [6.07, 6.45) is 1.83. The molecule has 0 radical (unpaired) electrons. The van der Waals surface area contributed by atoms with Crippen LogP contribution < -0.4 is 0 Å². The number of halogens is 1. The highest BCUT2D eigenvalue weighted by Gasteiger charge is 2.42. The Morgan fingerprint density at radius 1 is 1.35 bits per heavy atom. The summed E-state index contributed by atoms with van der Waals surface area (Å²) >= 11 is 0. The van der Waals surface area contributed by atoms with Gasteiger partial charge < -0.3 is 10.0 Å². The molecule has 1 aliphatic heterocycles. The van der Waals surface area contributed by atoms with Crippen LogP contribution in [0.3, 0.4) is 0 Å². The average molecular weight is 317 g/mol. The number of aromatic amines is 1. The standard InChI is InChI=1S/C16H16FN3O3/c1-16(15(22)23)6-7-20(9-16)14(21)12-8-18-19-13(12)10-2-4-11(17)5-3-10/h2-5,8H,6-7,9H2,1H3,(H,18,19)(H,22,23)/t16-/m0/s1. The number of hydrogen-bond acceptors (Lipinski definition) is 3. The largest absolute Gasteiger partial charge is 0.481 e. The van der Waals surface area contributed by atoms with E-state index in [1.807, 2.05) is 0 Å². The Labute approximate surface area is 131 Å². The van der Waals surface area contributed by atoms with E-state index in [1.54, 1.807) is 19.1 Å². The van der Waals surface area contributed by atoms with Gasteiger partial charge in [0, 0.05) is 18.7 Å². The van der Waals surface area contributed by atoms with Crippen molar-refractivity contribution in [2.45, 2.75) is 13.3 Å². The molecule has 6 nitrogen and oxygen atoms in total. The van der Waals surface area contributed by atoms with Crippen LogP contribution >= 0.6 is 0 Å². The van der Waals surface area contributed by atoms with Crippen molar-refractivity contribution < 1.29 is 19.1 Å². The van der Waals surface area contributed by atoms with Crippen LogP contribution in [0.4, 0.5) is 4.39 Å². The topological polar surface area (TPSA) is 86.3 Å². The molecule has 0 bridgehead atoms. The van der Waals surface area contributed by atoms with Gasteiger partial charge in [-0.25, -0.2) is 4.39 Å².